The van der Waals surface area contributed by atoms with Crippen LogP contribution in [0.2, 0.25) is 18.1 Å². The molecular weight excluding hydrogens is 536 g/mol. The zero-order valence-electron chi connectivity index (χ0n) is 27.4. The maximum Gasteiger partial charge on any atom is 0.191 e. The van der Waals surface area contributed by atoms with Gasteiger partial charge in [0.25, 0.3) is 0 Å². The van der Waals surface area contributed by atoms with E-state index < -0.39 is 8.32 Å². The highest BCUT2D eigenvalue weighted by Crippen LogP contribution is 2.37. The highest BCUT2D eigenvalue weighted by atomic mass is 28.4. The second kappa shape index (κ2) is 18.0. The summed E-state index contributed by atoms with van der Waals surface area (Å²) in [6.07, 6.45) is 18.9. The number of methoxy groups -OCH3 is 1. The molecule has 242 valence electrons. The molecule has 3 aliphatic heterocycles. The van der Waals surface area contributed by atoms with E-state index in [0.29, 0.717) is 12.9 Å². The van der Waals surface area contributed by atoms with Gasteiger partial charge >= 0.3 is 0 Å². The summed E-state index contributed by atoms with van der Waals surface area (Å²) in [6.45, 7) is 13.6. The van der Waals surface area contributed by atoms with Crippen molar-refractivity contribution in [3.05, 3.63) is 0 Å². The molecule has 0 aliphatic carbocycles. The number of aliphatic hydroxyl groups excluding tert-OH is 1. The Kier molecular flexibility index (Phi) is 15.6. The molecule has 1 N–H and O–H groups in total. The van der Waals surface area contributed by atoms with Crippen LogP contribution in [-0.4, -0.2) is 83.3 Å². The van der Waals surface area contributed by atoms with Crippen LogP contribution < -0.4 is 0 Å². The Morgan fingerprint density at radius 2 is 1.29 bits per heavy atom. The number of ether oxygens (including phenoxy) is 5. The first-order valence-corrected chi connectivity index (χ1v) is 19.9. The van der Waals surface area contributed by atoms with Crippen LogP contribution in [-0.2, 0) is 28.1 Å². The van der Waals surface area contributed by atoms with Crippen LogP contribution in [0.5, 0.6) is 0 Å². The third kappa shape index (κ3) is 12.8. The topological polar surface area (TPSA) is 78.9 Å². The maximum atomic E-state index is 10.7. The lowest BCUT2D eigenvalue weighted by molar-refractivity contribution is -0.0955. The van der Waals surface area contributed by atoms with Crippen molar-refractivity contribution in [2.75, 3.05) is 27.1 Å². The van der Waals surface area contributed by atoms with Crippen molar-refractivity contribution in [2.24, 2.45) is 0 Å². The predicted molar refractivity (Wildman–Crippen MR) is 167 cm³/mol. The van der Waals surface area contributed by atoms with Gasteiger partial charge in [0.15, 0.2) is 8.32 Å². The molecule has 41 heavy (non-hydrogen) atoms. The summed E-state index contributed by atoms with van der Waals surface area (Å²) >= 11 is 0. The summed E-state index contributed by atoms with van der Waals surface area (Å²) in [6, 6.07) is 0. The van der Waals surface area contributed by atoms with E-state index in [2.05, 4.69) is 33.9 Å². The summed E-state index contributed by atoms with van der Waals surface area (Å²) in [7, 11) is 0.0283. The Labute approximate surface area is 252 Å². The molecule has 0 radical (unpaired) electrons. The molecule has 0 bridgehead atoms. The van der Waals surface area contributed by atoms with Gasteiger partial charge in [-0.15, -0.1) is 0 Å². The predicted octanol–water partition coefficient (Wildman–Crippen LogP) is 7.53. The van der Waals surface area contributed by atoms with Gasteiger partial charge in [0.1, 0.15) is 12.9 Å². The Hall–Kier alpha value is -0.0631. The van der Waals surface area contributed by atoms with Crippen LogP contribution in [0, 0.1) is 0 Å². The fraction of sp³-hybridized carbons (Fsp3) is 1.00. The van der Waals surface area contributed by atoms with Crippen molar-refractivity contribution in [2.45, 2.75) is 184 Å². The minimum absolute atomic E-state index is 0.0127. The Bertz CT molecular complexity index is 696. The first-order valence-electron chi connectivity index (χ1n) is 17.0. The standard InChI is InChI=1S/C33H64O7Si/c1-33(2,3)41(5,6)38-23-15-17-26(37-25-35-4)16-13-11-9-7-8-10-12-14-18-27(34)28-19-20-29(39-28)30-21-22-31(40-30)32-24-36-32/h26-32,34H,7-25H2,1-6H3/t26-,27-,28-,29-,30-,31-,32+/m1/s1. The highest BCUT2D eigenvalue weighted by molar-refractivity contribution is 6.74. The van der Waals surface area contributed by atoms with E-state index in [1.807, 2.05) is 0 Å². The molecule has 7 nitrogen and oxygen atoms in total. The van der Waals surface area contributed by atoms with E-state index in [1.165, 1.54) is 44.9 Å². The van der Waals surface area contributed by atoms with Crippen LogP contribution in [0.25, 0.3) is 0 Å². The molecule has 3 aliphatic rings. The molecule has 0 spiro atoms. The quantitative estimate of drug-likeness (QED) is 0.0595. The molecule has 3 saturated heterocycles. The summed E-state index contributed by atoms with van der Waals surface area (Å²) in [4.78, 5) is 0. The van der Waals surface area contributed by atoms with Crippen molar-refractivity contribution < 1.29 is 33.2 Å². The molecular formula is C33H64O7Si. The summed E-state index contributed by atoms with van der Waals surface area (Å²) in [5, 5.41) is 10.9. The molecule has 3 heterocycles. The van der Waals surface area contributed by atoms with E-state index in [1.54, 1.807) is 7.11 Å². The van der Waals surface area contributed by atoms with Crippen molar-refractivity contribution >= 4 is 8.32 Å². The van der Waals surface area contributed by atoms with Crippen LogP contribution in [0.3, 0.4) is 0 Å². The monoisotopic (exact) mass is 600 g/mol. The van der Waals surface area contributed by atoms with Gasteiger partial charge in [0.05, 0.1) is 43.2 Å². The van der Waals surface area contributed by atoms with Gasteiger partial charge in [-0.2, -0.15) is 0 Å². The number of hydrogen-bond donors (Lipinski definition) is 1. The van der Waals surface area contributed by atoms with Gasteiger partial charge < -0.3 is 33.2 Å². The third-order valence-corrected chi connectivity index (χ3v) is 14.5. The van der Waals surface area contributed by atoms with Crippen molar-refractivity contribution in [3.63, 3.8) is 0 Å². The largest absolute Gasteiger partial charge is 0.417 e. The minimum Gasteiger partial charge on any atom is -0.417 e. The molecule has 0 aromatic rings. The summed E-state index contributed by atoms with van der Waals surface area (Å²) in [5.41, 5.74) is 0. The van der Waals surface area contributed by atoms with Gasteiger partial charge in [0, 0.05) is 13.7 Å². The zero-order valence-corrected chi connectivity index (χ0v) is 28.4. The Morgan fingerprint density at radius 3 is 1.90 bits per heavy atom. The highest BCUT2D eigenvalue weighted by Gasteiger charge is 2.44. The lowest BCUT2D eigenvalue weighted by atomic mass is 10.0. The van der Waals surface area contributed by atoms with Gasteiger partial charge in [-0.3, -0.25) is 0 Å². The normalized spacial score (nSPS) is 28.3. The minimum atomic E-state index is -1.67. The van der Waals surface area contributed by atoms with Crippen LogP contribution in [0.1, 0.15) is 124 Å². The average Bonchev–Trinajstić information content (AvgIpc) is 3.44. The van der Waals surface area contributed by atoms with Gasteiger partial charge in [-0.1, -0.05) is 72.1 Å². The van der Waals surface area contributed by atoms with Gasteiger partial charge in [-0.25, -0.2) is 0 Å². The molecule has 0 unspecified atom stereocenters. The second-order valence-electron chi connectivity index (χ2n) is 14.4. The maximum absolute atomic E-state index is 10.7. The summed E-state index contributed by atoms with van der Waals surface area (Å²) in [5.74, 6) is 0. The number of hydrogen-bond acceptors (Lipinski definition) is 7. The number of unbranched alkanes of at least 4 members (excludes halogenated alkanes) is 7. The molecule has 8 heteroatoms. The van der Waals surface area contributed by atoms with E-state index in [0.717, 1.165) is 71.0 Å². The summed E-state index contributed by atoms with van der Waals surface area (Å²) < 4.78 is 35.3. The Balaban J connectivity index is 1.14. The van der Waals surface area contributed by atoms with E-state index in [9.17, 15) is 5.11 Å². The molecule has 0 saturated carbocycles. The Morgan fingerprint density at radius 1 is 0.756 bits per heavy atom. The van der Waals surface area contributed by atoms with Crippen LogP contribution in [0.4, 0.5) is 0 Å². The smallest absolute Gasteiger partial charge is 0.191 e. The number of aliphatic hydroxyl groups is 1. The van der Waals surface area contributed by atoms with E-state index in [4.69, 9.17) is 28.1 Å². The van der Waals surface area contributed by atoms with E-state index >= 15 is 0 Å². The second-order valence-corrected chi connectivity index (χ2v) is 19.2. The number of epoxide rings is 1. The molecule has 0 aromatic heterocycles. The van der Waals surface area contributed by atoms with Crippen LogP contribution >= 0.6 is 0 Å². The molecule has 3 rings (SSSR count). The van der Waals surface area contributed by atoms with Crippen molar-refractivity contribution in [1.29, 1.82) is 0 Å². The fourth-order valence-electron chi connectivity index (χ4n) is 6.05. The molecule has 0 amide bonds. The third-order valence-electron chi connectivity index (χ3n) is 9.93. The zero-order chi connectivity index (χ0) is 29.7. The molecule has 3 fully saturated rings. The first kappa shape index (κ1) is 35.4. The van der Waals surface area contributed by atoms with Gasteiger partial charge in [-0.05, 0) is 69.5 Å². The molecule has 0 aromatic carbocycles. The van der Waals surface area contributed by atoms with Gasteiger partial charge in [0.2, 0.25) is 0 Å². The van der Waals surface area contributed by atoms with Crippen molar-refractivity contribution in [3.8, 4) is 0 Å². The molecule has 7 atom stereocenters. The van der Waals surface area contributed by atoms with E-state index in [-0.39, 0.29) is 41.7 Å². The lowest BCUT2D eigenvalue weighted by Gasteiger charge is -2.36. The lowest BCUT2D eigenvalue weighted by Crippen LogP contribution is -2.41. The fourth-order valence-corrected chi connectivity index (χ4v) is 7.14. The van der Waals surface area contributed by atoms with Crippen LogP contribution in [0.15, 0.2) is 0 Å². The SMILES string of the molecule is COCO[C@H](CCCCCCCCCC[C@@H](O)[C@H]1CC[C@H]([C@H]2CC[C@H]([C@@H]3CO3)O2)O1)CCCO[Si](C)(C)C(C)(C)C. The average molecular weight is 601 g/mol. The first-order chi connectivity index (χ1) is 19.6. The number of rotatable bonds is 22. The van der Waals surface area contributed by atoms with Crippen molar-refractivity contribution in [1.82, 2.24) is 0 Å².